The lowest BCUT2D eigenvalue weighted by Crippen LogP contribution is -2.53. The van der Waals surface area contributed by atoms with Gasteiger partial charge >= 0.3 is 12.4 Å². The van der Waals surface area contributed by atoms with Gasteiger partial charge in [0, 0.05) is 11.1 Å². The number of hydrogen-bond acceptors (Lipinski definition) is 2. The summed E-state index contributed by atoms with van der Waals surface area (Å²) in [6.07, 6.45) is -11.2. The van der Waals surface area contributed by atoms with Crippen LogP contribution in [0.25, 0.3) is 11.1 Å². The minimum Gasteiger partial charge on any atom is -0.369 e. The van der Waals surface area contributed by atoms with Crippen LogP contribution >= 0.6 is 0 Å². The molecule has 0 aliphatic carbocycles. The van der Waals surface area contributed by atoms with Gasteiger partial charge in [0.15, 0.2) is 0 Å². The molecule has 0 spiro atoms. The summed E-state index contributed by atoms with van der Waals surface area (Å²) >= 11 is 0. The molecule has 0 amide bonds. The Morgan fingerprint density at radius 3 is 1.42 bits per heavy atom. The zero-order valence-electron chi connectivity index (χ0n) is 11.8. The highest BCUT2D eigenvalue weighted by molar-refractivity contribution is 5.76. The fourth-order valence-corrected chi connectivity index (χ4v) is 2.15. The van der Waals surface area contributed by atoms with Crippen molar-refractivity contribution >= 4 is 6.29 Å². The minimum atomic E-state index is -5.92. The van der Waals surface area contributed by atoms with E-state index in [1.165, 1.54) is 24.3 Å². The van der Waals surface area contributed by atoms with Crippen LogP contribution in [0.3, 0.4) is 0 Å². The average molecular weight is 348 g/mol. The molecular weight excluding hydrogens is 338 g/mol. The molecule has 2 nitrogen and oxygen atoms in total. The molecule has 2 rings (SSSR count). The molecule has 0 fully saturated rings. The number of halogens is 6. The van der Waals surface area contributed by atoms with Gasteiger partial charge in [-0.25, -0.2) is 0 Å². The molecule has 0 heterocycles. The molecule has 24 heavy (non-hydrogen) atoms. The zero-order chi connectivity index (χ0) is 18.2. The minimum absolute atomic E-state index is 0.336. The Balaban J connectivity index is 2.45. The molecule has 0 aliphatic heterocycles. The van der Waals surface area contributed by atoms with Gasteiger partial charge in [0.1, 0.15) is 6.29 Å². The van der Waals surface area contributed by atoms with Crippen LogP contribution in [0.5, 0.6) is 0 Å². The van der Waals surface area contributed by atoms with Gasteiger partial charge in [0.05, 0.1) is 0 Å². The van der Waals surface area contributed by atoms with E-state index in [-0.39, 0.29) is 0 Å². The van der Waals surface area contributed by atoms with Crippen LogP contribution in [0.15, 0.2) is 48.5 Å². The van der Waals surface area contributed by atoms with E-state index < -0.39 is 23.5 Å². The summed E-state index contributed by atoms with van der Waals surface area (Å²) in [5, 5.41) is 9.30. The van der Waals surface area contributed by atoms with Gasteiger partial charge in [-0.1, -0.05) is 48.5 Å². The maximum Gasteiger partial charge on any atom is 0.430 e. The number of benzene rings is 2. The molecule has 0 radical (unpaired) electrons. The van der Waals surface area contributed by atoms with Crippen molar-refractivity contribution in [3.63, 3.8) is 0 Å². The summed E-state index contributed by atoms with van der Waals surface area (Å²) in [7, 11) is 0. The van der Waals surface area contributed by atoms with Crippen molar-refractivity contribution in [2.75, 3.05) is 0 Å². The van der Waals surface area contributed by atoms with Crippen molar-refractivity contribution in [3.8, 4) is 11.1 Å². The lowest BCUT2D eigenvalue weighted by molar-refractivity contribution is -0.376. The SMILES string of the molecule is O=Cc1ccc(-c2ccc(C(O)(C(F)(F)F)C(F)(F)F)cc2)cc1. The maximum atomic E-state index is 12.8. The molecule has 0 bridgehead atoms. The lowest BCUT2D eigenvalue weighted by Gasteiger charge is -2.32. The zero-order valence-corrected chi connectivity index (χ0v) is 11.8. The van der Waals surface area contributed by atoms with Gasteiger partial charge in [-0.15, -0.1) is 0 Å². The largest absolute Gasteiger partial charge is 0.430 e. The molecule has 0 aromatic heterocycles. The molecule has 0 saturated heterocycles. The fourth-order valence-electron chi connectivity index (χ4n) is 2.15. The standard InChI is InChI=1S/C16H10F6O2/c17-15(18,19)14(24,16(20,21)22)13-7-5-12(6-8-13)11-3-1-10(9-23)2-4-11/h1-9,24H. The van der Waals surface area contributed by atoms with Gasteiger partial charge in [-0.3, -0.25) is 4.79 Å². The first-order valence-corrected chi connectivity index (χ1v) is 6.52. The summed E-state index contributed by atoms with van der Waals surface area (Å²) < 4.78 is 76.7. The summed E-state index contributed by atoms with van der Waals surface area (Å²) in [6, 6.07) is 9.13. The smallest absolute Gasteiger partial charge is 0.369 e. The van der Waals surface area contributed by atoms with Crippen LogP contribution in [-0.2, 0) is 5.60 Å². The highest BCUT2D eigenvalue weighted by atomic mass is 19.4. The van der Waals surface area contributed by atoms with Crippen molar-refractivity contribution < 1.29 is 36.2 Å². The summed E-state index contributed by atoms with van der Waals surface area (Å²) in [6.45, 7) is 0. The third-order valence-electron chi connectivity index (χ3n) is 3.50. The second kappa shape index (κ2) is 5.94. The van der Waals surface area contributed by atoms with Crippen molar-refractivity contribution in [2.24, 2.45) is 0 Å². The van der Waals surface area contributed by atoms with Crippen LogP contribution in [0.2, 0.25) is 0 Å². The van der Waals surface area contributed by atoms with Crippen molar-refractivity contribution in [1.82, 2.24) is 0 Å². The molecule has 2 aromatic rings. The molecule has 0 saturated carbocycles. The third kappa shape index (κ3) is 3.01. The molecular formula is C16H10F6O2. The van der Waals surface area contributed by atoms with Crippen LogP contribution in [-0.4, -0.2) is 23.7 Å². The topological polar surface area (TPSA) is 37.3 Å². The Morgan fingerprint density at radius 1 is 0.708 bits per heavy atom. The predicted octanol–water partition coefficient (Wildman–Crippen LogP) is 4.48. The highest BCUT2D eigenvalue weighted by Gasteiger charge is 2.71. The van der Waals surface area contributed by atoms with Crippen molar-refractivity contribution in [2.45, 2.75) is 18.0 Å². The van der Waals surface area contributed by atoms with Crippen LogP contribution in [0.1, 0.15) is 15.9 Å². The number of hydrogen-bond donors (Lipinski definition) is 1. The quantitative estimate of drug-likeness (QED) is 0.656. The van der Waals surface area contributed by atoms with Gasteiger partial charge in [-0.05, 0) is 11.1 Å². The molecule has 128 valence electrons. The molecule has 0 atom stereocenters. The molecule has 0 unspecified atom stereocenters. The number of rotatable bonds is 3. The second-order valence-electron chi connectivity index (χ2n) is 5.02. The number of aliphatic hydroxyl groups is 1. The van der Waals surface area contributed by atoms with Crippen LogP contribution < -0.4 is 0 Å². The Kier molecular flexibility index (Phi) is 4.45. The van der Waals surface area contributed by atoms with E-state index in [1.54, 1.807) is 0 Å². The summed E-state index contributed by atoms with van der Waals surface area (Å²) in [5.74, 6) is 0. The third-order valence-corrected chi connectivity index (χ3v) is 3.50. The number of aldehydes is 1. The molecule has 1 N–H and O–H groups in total. The Hall–Kier alpha value is -2.35. The Morgan fingerprint density at radius 2 is 1.08 bits per heavy atom. The highest BCUT2D eigenvalue weighted by Crippen LogP contribution is 2.50. The number of carbonyl (C=O) groups excluding carboxylic acids is 1. The first-order valence-electron chi connectivity index (χ1n) is 6.52. The fraction of sp³-hybridized carbons (Fsp3) is 0.188. The Labute approximate surface area is 132 Å². The molecule has 2 aromatic carbocycles. The first kappa shape index (κ1) is 18.0. The van der Waals surface area contributed by atoms with Gasteiger partial charge < -0.3 is 5.11 Å². The van der Waals surface area contributed by atoms with Crippen LogP contribution in [0.4, 0.5) is 26.3 Å². The van der Waals surface area contributed by atoms with E-state index in [4.69, 9.17) is 0 Å². The maximum absolute atomic E-state index is 12.8. The average Bonchev–Trinajstić information content (AvgIpc) is 2.52. The normalized spacial score (nSPS) is 13.0. The first-order chi connectivity index (χ1) is 11.0. The number of carbonyl (C=O) groups is 1. The predicted molar refractivity (Wildman–Crippen MR) is 73.3 cm³/mol. The Bertz CT molecular complexity index is 700. The van der Waals surface area contributed by atoms with Gasteiger partial charge in [0.2, 0.25) is 0 Å². The van der Waals surface area contributed by atoms with E-state index in [1.807, 2.05) is 0 Å². The second-order valence-corrected chi connectivity index (χ2v) is 5.02. The molecule has 0 aliphatic rings. The van der Waals surface area contributed by atoms with Gasteiger partial charge in [0.25, 0.3) is 5.60 Å². The molecule has 8 heteroatoms. The summed E-state index contributed by atoms with van der Waals surface area (Å²) in [5.41, 5.74) is -5.06. The lowest BCUT2D eigenvalue weighted by atomic mass is 9.90. The van der Waals surface area contributed by atoms with Gasteiger partial charge in [-0.2, -0.15) is 26.3 Å². The van der Waals surface area contributed by atoms with Crippen LogP contribution in [0, 0.1) is 0 Å². The monoisotopic (exact) mass is 348 g/mol. The van der Waals surface area contributed by atoms with E-state index in [0.717, 1.165) is 12.1 Å². The van der Waals surface area contributed by atoms with Crippen molar-refractivity contribution in [1.29, 1.82) is 0 Å². The number of alkyl halides is 6. The van der Waals surface area contributed by atoms with E-state index in [2.05, 4.69) is 0 Å². The van der Waals surface area contributed by atoms with E-state index >= 15 is 0 Å². The summed E-state index contributed by atoms with van der Waals surface area (Å²) in [4.78, 5) is 10.6. The van der Waals surface area contributed by atoms with E-state index in [9.17, 15) is 36.2 Å². The van der Waals surface area contributed by atoms with E-state index in [0.29, 0.717) is 35.1 Å². The van der Waals surface area contributed by atoms with Crippen molar-refractivity contribution in [3.05, 3.63) is 59.7 Å².